The van der Waals surface area contributed by atoms with E-state index in [-0.39, 0.29) is 0 Å². The SMILES string of the molecule is c1ccc(-c2ccccc2N(c2ccc3c(c2)c2ccccc2c2ccccc2c2ccccc2c2c3cc3ccc4cccc5ccc2c3c45)c2cccc3oc4ccccc4c23)cc1. The lowest BCUT2D eigenvalue weighted by atomic mass is 9.88. The molecule has 66 heavy (non-hydrogen) atoms. The lowest BCUT2D eigenvalue weighted by molar-refractivity contribution is 0.669. The van der Waals surface area contributed by atoms with Crippen molar-refractivity contribution < 1.29 is 4.42 Å². The molecular formula is C64H39NO. The van der Waals surface area contributed by atoms with Gasteiger partial charge in [-0.2, -0.15) is 0 Å². The summed E-state index contributed by atoms with van der Waals surface area (Å²) < 4.78 is 6.58. The highest BCUT2D eigenvalue weighted by Gasteiger charge is 2.23. The van der Waals surface area contributed by atoms with Gasteiger partial charge >= 0.3 is 0 Å². The normalized spacial score (nSPS) is 11.9. The maximum atomic E-state index is 6.58. The lowest BCUT2D eigenvalue weighted by Crippen LogP contribution is -2.11. The van der Waals surface area contributed by atoms with E-state index in [9.17, 15) is 0 Å². The highest BCUT2D eigenvalue weighted by atomic mass is 16.3. The van der Waals surface area contributed by atoms with Crippen molar-refractivity contribution in [1.29, 1.82) is 0 Å². The number of benzene rings is 12. The molecular weight excluding hydrogens is 799 g/mol. The Kier molecular flexibility index (Phi) is 8.02. The van der Waals surface area contributed by atoms with Crippen molar-refractivity contribution in [1.82, 2.24) is 0 Å². The van der Waals surface area contributed by atoms with Crippen LogP contribution in [0.3, 0.4) is 0 Å². The molecule has 0 saturated heterocycles. The van der Waals surface area contributed by atoms with E-state index in [2.05, 4.69) is 235 Å². The van der Waals surface area contributed by atoms with E-state index in [1.807, 2.05) is 6.07 Å². The number of furan rings is 1. The van der Waals surface area contributed by atoms with Crippen molar-refractivity contribution in [2.45, 2.75) is 0 Å². The predicted octanol–water partition coefficient (Wildman–Crippen LogP) is 18.5. The lowest BCUT2D eigenvalue weighted by Gasteiger charge is -2.29. The smallest absolute Gasteiger partial charge is 0.137 e. The first-order chi connectivity index (χ1) is 32.8. The summed E-state index contributed by atoms with van der Waals surface area (Å²) in [4.78, 5) is 2.46. The van der Waals surface area contributed by atoms with E-state index < -0.39 is 0 Å². The molecule has 0 amide bonds. The van der Waals surface area contributed by atoms with Crippen LogP contribution < -0.4 is 4.90 Å². The number of hydrogen-bond donors (Lipinski definition) is 0. The zero-order valence-corrected chi connectivity index (χ0v) is 35.9. The number of para-hydroxylation sites is 2. The molecule has 0 saturated carbocycles. The minimum atomic E-state index is 0.856. The van der Waals surface area contributed by atoms with Crippen LogP contribution in [0.1, 0.15) is 0 Å². The van der Waals surface area contributed by atoms with Gasteiger partial charge in [0.15, 0.2) is 0 Å². The molecule has 306 valence electrons. The third-order valence-corrected chi connectivity index (χ3v) is 14.0. The molecule has 0 aliphatic heterocycles. The first-order valence-corrected chi connectivity index (χ1v) is 22.8. The monoisotopic (exact) mass is 837 g/mol. The number of anilines is 3. The van der Waals surface area contributed by atoms with Crippen LogP contribution in [0.15, 0.2) is 241 Å². The van der Waals surface area contributed by atoms with Crippen LogP contribution in [0.25, 0.3) is 119 Å². The number of nitrogens with zero attached hydrogens (tertiary/aromatic N) is 1. The Morgan fingerprint density at radius 2 is 0.788 bits per heavy atom. The van der Waals surface area contributed by atoms with Gasteiger partial charge in [0.1, 0.15) is 11.2 Å². The van der Waals surface area contributed by atoms with Gasteiger partial charge in [0, 0.05) is 16.6 Å². The second-order valence-corrected chi connectivity index (χ2v) is 17.5. The van der Waals surface area contributed by atoms with Gasteiger partial charge in [0.25, 0.3) is 0 Å². The molecule has 0 atom stereocenters. The summed E-state index contributed by atoms with van der Waals surface area (Å²) in [5.74, 6) is 0. The van der Waals surface area contributed by atoms with Crippen LogP contribution in [-0.4, -0.2) is 0 Å². The van der Waals surface area contributed by atoms with Gasteiger partial charge < -0.3 is 9.32 Å². The maximum absolute atomic E-state index is 6.58. The highest BCUT2D eigenvalue weighted by Crippen LogP contribution is 2.48. The molecule has 1 aromatic heterocycles. The Hall–Kier alpha value is -8.72. The van der Waals surface area contributed by atoms with E-state index in [1.165, 1.54) is 80.8 Å². The van der Waals surface area contributed by atoms with Crippen molar-refractivity contribution in [2.75, 3.05) is 4.90 Å². The van der Waals surface area contributed by atoms with E-state index in [1.54, 1.807) is 0 Å². The van der Waals surface area contributed by atoms with Crippen LogP contribution in [0.4, 0.5) is 17.1 Å². The molecule has 14 rings (SSSR count). The summed E-state index contributed by atoms with van der Waals surface area (Å²) >= 11 is 0. The highest BCUT2D eigenvalue weighted by molar-refractivity contribution is 6.37. The maximum Gasteiger partial charge on any atom is 0.137 e. The second-order valence-electron chi connectivity index (χ2n) is 17.5. The fraction of sp³-hybridized carbons (Fsp3) is 0. The van der Waals surface area contributed by atoms with Crippen LogP contribution in [0, 0.1) is 0 Å². The minimum absolute atomic E-state index is 0.856. The minimum Gasteiger partial charge on any atom is -0.456 e. The van der Waals surface area contributed by atoms with E-state index in [0.717, 1.165) is 55.5 Å². The average molecular weight is 838 g/mol. The first kappa shape index (κ1) is 36.7. The summed E-state index contributed by atoms with van der Waals surface area (Å²) in [6.07, 6.45) is 0. The zero-order valence-electron chi connectivity index (χ0n) is 35.9. The Morgan fingerprint density at radius 3 is 1.55 bits per heavy atom. The van der Waals surface area contributed by atoms with Crippen LogP contribution >= 0.6 is 0 Å². The van der Waals surface area contributed by atoms with Gasteiger partial charge in [-0.05, 0) is 134 Å². The van der Waals surface area contributed by atoms with Gasteiger partial charge in [-0.1, -0.05) is 194 Å². The summed E-state index contributed by atoms with van der Waals surface area (Å²) in [7, 11) is 0. The molecule has 13 aromatic carbocycles. The molecule has 0 aliphatic rings. The molecule has 0 unspecified atom stereocenters. The summed E-state index contributed by atoms with van der Waals surface area (Å²) in [6.45, 7) is 0. The predicted molar refractivity (Wildman–Crippen MR) is 283 cm³/mol. The Bertz CT molecular complexity index is 4340. The van der Waals surface area contributed by atoms with E-state index >= 15 is 0 Å². The topological polar surface area (TPSA) is 16.4 Å². The number of fused-ring (bicyclic) bond motifs is 14. The average Bonchev–Trinajstić information content (AvgIpc) is 3.78. The zero-order chi connectivity index (χ0) is 43.3. The fourth-order valence-electron chi connectivity index (χ4n) is 11.2. The van der Waals surface area contributed by atoms with Crippen LogP contribution in [0.2, 0.25) is 0 Å². The molecule has 14 aromatic rings. The van der Waals surface area contributed by atoms with Crippen molar-refractivity contribution in [3.63, 3.8) is 0 Å². The van der Waals surface area contributed by atoms with E-state index in [4.69, 9.17) is 4.42 Å². The van der Waals surface area contributed by atoms with Gasteiger partial charge in [0.05, 0.1) is 16.8 Å². The molecule has 0 fully saturated rings. The third kappa shape index (κ3) is 5.42. The number of rotatable bonds is 4. The molecule has 1 heterocycles. The Balaban J connectivity index is 1.21. The standard InChI is InChI=1S/C64H39NO/c1-2-16-40(17-3-1)45-20-10-12-28-57(45)65(58-29-15-31-60-64(58)53-27-11-13-30-59(53)66-60)44-35-37-51-55(39-44)50-25-7-6-23-48(50)46-21-4-5-22-47(46)49-24-8-9-26-52(49)63-54-36-34-42-19-14-18-41-32-33-43(38-56(51)63)62(54)61(41)42/h1-39H. The van der Waals surface area contributed by atoms with Gasteiger partial charge in [-0.25, -0.2) is 0 Å². The quantitative estimate of drug-likeness (QED) is 0.164. The summed E-state index contributed by atoms with van der Waals surface area (Å²) in [5.41, 5.74) is 7.21. The Labute approximate surface area is 380 Å². The molecule has 0 radical (unpaired) electrons. The van der Waals surface area contributed by atoms with Crippen molar-refractivity contribution >= 4 is 125 Å². The molecule has 2 heteroatoms. The van der Waals surface area contributed by atoms with Gasteiger partial charge in [-0.15, -0.1) is 0 Å². The molecule has 0 bridgehead atoms. The summed E-state index contributed by atoms with van der Waals surface area (Å²) in [6, 6.07) is 87.0. The fourth-order valence-corrected chi connectivity index (χ4v) is 11.2. The van der Waals surface area contributed by atoms with Crippen molar-refractivity contribution in [3.8, 4) is 11.1 Å². The largest absolute Gasteiger partial charge is 0.456 e. The van der Waals surface area contributed by atoms with Gasteiger partial charge in [-0.3, -0.25) is 0 Å². The van der Waals surface area contributed by atoms with Crippen molar-refractivity contribution in [2.24, 2.45) is 0 Å². The molecule has 0 spiro atoms. The van der Waals surface area contributed by atoms with E-state index in [0.29, 0.717) is 0 Å². The molecule has 2 nitrogen and oxygen atoms in total. The molecule has 0 N–H and O–H groups in total. The molecule has 0 aliphatic carbocycles. The number of hydrogen-bond acceptors (Lipinski definition) is 2. The summed E-state index contributed by atoms with van der Waals surface area (Å²) in [5, 5.41) is 21.9. The van der Waals surface area contributed by atoms with Crippen LogP contribution in [-0.2, 0) is 0 Å². The third-order valence-electron chi connectivity index (χ3n) is 14.0. The first-order valence-electron chi connectivity index (χ1n) is 22.8. The van der Waals surface area contributed by atoms with Crippen molar-refractivity contribution in [3.05, 3.63) is 237 Å². The van der Waals surface area contributed by atoms with Gasteiger partial charge in [0.2, 0.25) is 0 Å². The Morgan fingerprint density at radius 1 is 0.258 bits per heavy atom. The van der Waals surface area contributed by atoms with Crippen LogP contribution in [0.5, 0.6) is 0 Å². The second kappa shape index (κ2) is 14.4.